The van der Waals surface area contributed by atoms with Gasteiger partial charge in [0, 0.05) is 18.7 Å². The molecule has 0 saturated carbocycles. The van der Waals surface area contributed by atoms with E-state index in [0.29, 0.717) is 30.2 Å². The molecule has 30 heavy (non-hydrogen) atoms. The molecule has 4 rings (SSSR count). The molecule has 1 aliphatic rings. The second kappa shape index (κ2) is 8.16. The van der Waals surface area contributed by atoms with E-state index in [1.54, 1.807) is 24.3 Å². The molecule has 0 spiro atoms. The molecule has 0 N–H and O–H groups in total. The lowest BCUT2D eigenvalue weighted by Gasteiger charge is -2.30. The molecule has 7 nitrogen and oxygen atoms in total. The number of aromatic nitrogens is 2. The number of rotatable bonds is 5. The molecule has 1 unspecified atom stereocenters. The van der Waals surface area contributed by atoms with E-state index in [2.05, 4.69) is 10.2 Å². The van der Waals surface area contributed by atoms with Crippen molar-refractivity contribution in [2.45, 2.75) is 30.6 Å². The molecule has 0 aliphatic carbocycles. The highest BCUT2D eigenvalue weighted by molar-refractivity contribution is 7.89. The molecule has 0 bridgehead atoms. The van der Waals surface area contributed by atoms with E-state index >= 15 is 0 Å². The fourth-order valence-electron chi connectivity index (χ4n) is 3.60. The topological polar surface area (TPSA) is 85.5 Å². The highest BCUT2D eigenvalue weighted by atomic mass is 32.2. The Labute approximate surface area is 174 Å². The molecule has 0 amide bonds. The minimum absolute atomic E-state index is 0.156. The first-order valence-electron chi connectivity index (χ1n) is 9.62. The van der Waals surface area contributed by atoms with Crippen LogP contribution in [0.4, 0.5) is 4.39 Å². The summed E-state index contributed by atoms with van der Waals surface area (Å²) in [6, 6.07) is 10.9. The van der Waals surface area contributed by atoms with Crippen molar-refractivity contribution in [3.05, 3.63) is 59.7 Å². The van der Waals surface area contributed by atoms with Gasteiger partial charge in [0.25, 0.3) is 0 Å². The minimum atomic E-state index is -3.74. The lowest BCUT2D eigenvalue weighted by molar-refractivity contribution is 0.285. The van der Waals surface area contributed by atoms with Gasteiger partial charge in [0.1, 0.15) is 16.5 Å². The number of halogens is 1. The smallest absolute Gasteiger partial charge is 0.247 e. The van der Waals surface area contributed by atoms with Crippen molar-refractivity contribution < 1.29 is 22.0 Å². The van der Waals surface area contributed by atoms with E-state index < -0.39 is 10.0 Å². The summed E-state index contributed by atoms with van der Waals surface area (Å²) in [7, 11) is -2.29. The van der Waals surface area contributed by atoms with Gasteiger partial charge in [-0.25, -0.2) is 12.8 Å². The fourth-order valence-corrected chi connectivity index (χ4v) is 5.36. The van der Waals surface area contributed by atoms with Crippen LogP contribution in [0.15, 0.2) is 51.8 Å². The Morgan fingerprint density at radius 1 is 1.17 bits per heavy atom. The van der Waals surface area contributed by atoms with E-state index in [1.807, 2.05) is 13.0 Å². The summed E-state index contributed by atoms with van der Waals surface area (Å²) in [5, 5.41) is 8.17. The average molecular weight is 431 g/mol. The normalized spacial score (nSPS) is 17.8. The van der Waals surface area contributed by atoms with E-state index in [0.717, 1.165) is 12.0 Å². The Bertz CT molecular complexity index is 1150. The van der Waals surface area contributed by atoms with Crippen LogP contribution < -0.4 is 4.74 Å². The summed E-state index contributed by atoms with van der Waals surface area (Å²) < 4.78 is 52.2. The summed E-state index contributed by atoms with van der Waals surface area (Å²) in [5.74, 6) is 0.416. The van der Waals surface area contributed by atoms with Crippen molar-refractivity contribution in [1.82, 2.24) is 14.5 Å². The van der Waals surface area contributed by atoms with Crippen LogP contribution in [0.25, 0.3) is 11.5 Å². The van der Waals surface area contributed by atoms with Gasteiger partial charge in [-0.1, -0.05) is 6.07 Å². The van der Waals surface area contributed by atoms with Gasteiger partial charge in [0.05, 0.1) is 13.0 Å². The number of benzene rings is 2. The molecule has 1 saturated heterocycles. The maximum absolute atomic E-state index is 13.3. The van der Waals surface area contributed by atoms with E-state index in [4.69, 9.17) is 9.15 Å². The van der Waals surface area contributed by atoms with Crippen LogP contribution in [-0.2, 0) is 10.0 Å². The molecular weight excluding hydrogens is 409 g/mol. The number of methoxy groups -OCH3 is 1. The van der Waals surface area contributed by atoms with Gasteiger partial charge in [0.2, 0.25) is 21.8 Å². The zero-order valence-electron chi connectivity index (χ0n) is 16.7. The molecule has 9 heteroatoms. The van der Waals surface area contributed by atoms with E-state index in [-0.39, 0.29) is 29.1 Å². The third kappa shape index (κ3) is 3.95. The lowest BCUT2D eigenvalue weighted by Crippen LogP contribution is -2.39. The standard InChI is InChI=1S/C21H22FN3O4S/c1-14-5-10-18(28-2)19(12-14)30(26,27)25-11-3-4-16(13-25)21-24-23-20(29-21)15-6-8-17(22)9-7-15/h5-10,12,16H,3-4,11,13H2,1-2H3. The van der Waals surface area contributed by atoms with Gasteiger partial charge in [-0.15, -0.1) is 10.2 Å². The first-order chi connectivity index (χ1) is 14.4. The summed E-state index contributed by atoms with van der Waals surface area (Å²) in [6.07, 6.45) is 1.41. The maximum Gasteiger partial charge on any atom is 0.247 e. The first kappa shape index (κ1) is 20.5. The van der Waals surface area contributed by atoms with Crippen molar-refractivity contribution in [3.63, 3.8) is 0 Å². The van der Waals surface area contributed by atoms with Crippen LogP contribution in [0.3, 0.4) is 0 Å². The fraction of sp³-hybridized carbons (Fsp3) is 0.333. The largest absolute Gasteiger partial charge is 0.495 e. The second-order valence-corrected chi connectivity index (χ2v) is 9.22. The van der Waals surface area contributed by atoms with Crippen LogP contribution in [0.5, 0.6) is 5.75 Å². The highest BCUT2D eigenvalue weighted by Gasteiger charge is 2.35. The van der Waals surface area contributed by atoms with Crippen molar-refractivity contribution in [1.29, 1.82) is 0 Å². The van der Waals surface area contributed by atoms with Crippen molar-refractivity contribution in [2.24, 2.45) is 0 Å². The number of aryl methyl sites for hydroxylation is 1. The van der Waals surface area contributed by atoms with Crippen LogP contribution in [0, 0.1) is 12.7 Å². The molecule has 2 heterocycles. The molecule has 1 fully saturated rings. The average Bonchev–Trinajstić information content (AvgIpc) is 3.24. The molecule has 1 aliphatic heterocycles. The number of piperidine rings is 1. The number of sulfonamides is 1. The molecule has 1 aromatic heterocycles. The van der Waals surface area contributed by atoms with E-state index in [9.17, 15) is 12.8 Å². The Hall–Kier alpha value is -2.78. The summed E-state index contributed by atoms with van der Waals surface area (Å²) in [5.41, 5.74) is 1.45. The Morgan fingerprint density at radius 3 is 2.67 bits per heavy atom. The van der Waals surface area contributed by atoms with Gasteiger partial charge < -0.3 is 9.15 Å². The first-order valence-corrected chi connectivity index (χ1v) is 11.1. The van der Waals surface area contributed by atoms with Gasteiger partial charge in [-0.3, -0.25) is 0 Å². The monoisotopic (exact) mass is 431 g/mol. The van der Waals surface area contributed by atoms with Crippen LogP contribution in [-0.4, -0.2) is 43.1 Å². The van der Waals surface area contributed by atoms with Crippen molar-refractivity contribution >= 4 is 10.0 Å². The molecule has 3 aromatic rings. The molecule has 0 radical (unpaired) electrons. The molecule has 158 valence electrons. The Balaban J connectivity index is 1.58. The highest BCUT2D eigenvalue weighted by Crippen LogP contribution is 2.34. The van der Waals surface area contributed by atoms with Crippen molar-refractivity contribution in [2.75, 3.05) is 20.2 Å². The predicted octanol–water partition coefficient (Wildman–Crippen LogP) is 3.76. The third-order valence-electron chi connectivity index (χ3n) is 5.20. The predicted molar refractivity (Wildman–Crippen MR) is 108 cm³/mol. The zero-order valence-corrected chi connectivity index (χ0v) is 17.5. The number of nitrogens with zero attached hydrogens (tertiary/aromatic N) is 3. The van der Waals surface area contributed by atoms with Gasteiger partial charge in [0.15, 0.2) is 0 Å². The Morgan fingerprint density at radius 2 is 1.93 bits per heavy atom. The number of hydrogen-bond donors (Lipinski definition) is 0. The SMILES string of the molecule is COc1ccc(C)cc1S(=O)(=O)N1CCCC(c2nnc(-c3ccc(F)cc3)o2)C1. The number of ether oxygens (including phenoxy) is 1. The van der Waals surface area contributed by atoms with Gasteiger partial charge >= 0.3 is 0 Å². The minimum Gasteiger partial charge on any atom is -0.495 e. The Kier molecular flexibility index (Phi) is 5.57. The van der Waals surface area contributed by atoms with Crippen LogP contribution in [0.2, 0.25) is 0 Å². The maximum atomic E-state index is 13.3. The summed E-state index contributed by atoms with van der Waals surface area (Å²) in [6.45, 7) is 2.49. The van der Waals surface area contributed by atoms with Gasteiger partial charge in [-0.05, 0) is 61.7 Å². The zero-order chi connectivity index (χ0) is 21.3. The van der Waals surface area contributed by atoms with Crippen molar-refractivity contribution in [3.8, 4) is 17.2 Å². The quantitative estimate of drug-likeness (QED) is 0.611. The molecule has 2 aromatic carbocycles. The molecule has 1 atom stereocenters. The molecular formula is C21H22FN3O4S. The van der Waals surface area contributed by atoms with E-state index in [1.165, 1.54) is 23.5 Å². The van der Waals surface area contributed by atoms with Gasteiger partial charge in [-0.2, -0.15) is 4.31 Å². The van der Waals surface area contributed by atoms with Crippen LogP contribution in [0.1, 0.15) is 30.2 Å². The van der Waals surface area contributed by atoms with Crippen LogP contribution >= 0.6 is 0 Å². The second-order valence-electron chi connectivity index (χ2n) is 7.31. The third-order valence-corrected chi connectivity index (χ3v) is 7.09. The summed E-state index contributed by atoms with van der Waals surface area (Å²) in [4.78, 5) is 0.156. The lowest BCUT2D eigenvalue weighted by atomic mass is 10.00. The number of hydrogen-bond acceptors (Lipinski definition) is 6. The summed E-state index contributed by atoms with van der Waals surface area (Å²) >= 11 is 0.